The van der Waals surface area contributed by atoms with Crippen molar-refractivity contribution in [2.75, 3.05) is 12.4 Å². The SMILES string of the molecule is COc1cc(C(=O)c2c[nH]c3ncnc(N[C@H]4CC[C@@H](N)CC4)c23)ccc1F. The van der Waals surface area contributed by atoms with Crippen LogP contribution in [0.4, 0.5) is 10.2 Å². The Labute approximate surface area is 161 Å². The number of fused-ring (bicyclic) bond motifs is 1. The average Bonchev–Trinajstić information content (AvgIpc) is 3.15. The first kappa shape index (κ1) is 18.4. The van der Waals surface area contributed by atoms with E-state index in [0.29, 0.717) is 28.0 Å². The molecule has 0 amide bonds. The third kappa shape index (κ3) is 3.43. The molecule has 1 fully saturated rings. The number of H-pyrrole nitrogens is 1. The summed E-state index contributed by atoms with van der Waals surface area (Å²) in [5.41, 5.74) is 7.32. The molecule has 7 nitrogen and oxygen atoms in total. The first-order chi connectivity index (χ1) is 13.6. The lowest BCUT2D eigenvalue weighted by atomic mass is 9.92. The van der Waals surface area contributed by atoms with Gasteiger partial charge in [-0.2, -0.15) is 0 Å². The second-order valence-corrected chi connectivity index (χ2v) is 7.08. The summed E-state index contributed by atoms with van der Waals surface area (Å²) in [4.78, 5) is 24.7. The van der Waals surface area contributed by atoms with Crippen molar-refractivity contribution < 1.29 is 13.9 Å². The van der Waals surface area contributed by atoms with Gasteiger partial charge < -0.3 is 20.8 Å². The molecule has 1 aliphatic carbocycles. The number of anilines is 1. The summed E-state index contributed by atoms with van der Waals surface area (Å²) in [7, 11) is 1.37. The van der Waals surface area contributed by atoms with Gasteiger partial charge in [0.25, 0.3) is 0 Å². The Morgan fingerprint density at radius 3 is 2.82 bits per heavy atom. The minimum atomic E-state index is -0.515. The van der Waals surface area contributed by atoms with E-state index in [-0.39, 0.29) is 23.6 Å². The van der Waals surface area contributed by atoms with Crippen molar-refractivity contribution in [3.8, 4) is 5.75 Å². The number of hydrogen-bond donors (Lipinski definition) is 3. The van der Waals surface area contributed by atoms with E-state index >= 15 is 0 Å². The summed E-state index contributed by atoms with van der Waals surface area (Å²) in [6.45, 7) is 0. The largest absolute Gasteiger partial charge is 0.494 e. The summed E-state index contributed by atoms with van der Waals surface area (Å²) in [5.74, 6) is -0.129. The molecule has 3 aromatic rings. The number of benzene rings is 1. The lowest BCUT2D eigenvalue weighted by Gasteiger charge is -2.27. The molecule has 0 unspecified atom stereocenters. The molecule has 146 valence electrons. The van der Waals surface area contributed by atoms with Crippen LogP contribution in [0.25, 0.3) is 11.0 Å². The molecular formula is C20H22FN5O2. The third-order valence-corrected chi connectivity index (χ3v) is 5.24. The number of aromatic nitrogens is 3. The Bertz CT molecular complexity index is 1010. The fourth-order valence-corrected chi connectivity index (χ4v) is 3.66. The predicted molar refractivity (Wildman–Crippen MR) is 104 cm³/mol. The van der Waals surface area contributed by atoms with Gasteiger partial charge in [-0.3, -0.25) is 4.79 Å². The molecule has 28 heavy (non-hydrogen) atoms. The van der Waals surface area contributed by atoms with E-state index in [4.69, 9.17) is 10.5 Å². The van der Waals surface area contributed by atoms with Gasteiger partial charge in [0.15, 0.2) is 17.3 Å². The number of aromatic amines is 1. The second kappa shape index (κ2) is 7.55. The zero-order valence-corrected chi connectivity index (χ0v) is 15.5. The van der Waals surface area contributed by atoms with Crippen LogP contribution >= 0.6 is 0 Å². The number of nitrogens with zero attached hydrogens (tertiary/aromatic N) is 2. The highest BCUT2D eigenvalue weighted by atomic mass is 19.1. The summed E-state index contributed by atoms with van der Waals surface area (Å²) in [6, 6.07) is 4.57. The highest BCUT2D eigenvalue weighted by molar-refractivity contribution is 6.18. The molecule has 0 spiro atoms. The highest BCUT2D eigenvalue weighted by Gasteiger charge is 2.23. The number of halogens is 1. The van der Waals surface area contributed by atoms with E-state index in [2.05, 4.69) is 20.3 Å². The molecule has 1 aromatic carbocycles. The van der Waals surface area contributed by atoms with Crippen LogP contribution in [0.15, 0.2) is 30.7 Å². The van der Waals surface area contributed by atoms with Crippen molar-refractivity contribution in [2.24, 2.45) is 5.73 Å². The van der Waals surface area contributed by atoms with E-state index in [1.54, 1.807) is 6.20 Å². The quantitative estimate of drug-likeness (QED) is 0.585. The molecule has 0 radical (unpaired) electrons. The van der Waals surface area contributed by atoms with Crippen molar-refractivity contribution in [1.82, 2.24) is 15.0 Å². The Balaban J connectivity index is 1.69. The zero-order valence-electron chi connectivity index (χ0n) is 15.5. The molecule has 1 aliphatic rings. The Kier molecular flexibility index (Phi) is 4.95. The number of nitrogens with two attached hydrogens (primary N) is 1. The fraction of sp³-hybridized carbons (Fsp3) is 0.350. The maximum atomic E-state index is 13.7. The van der Waals surface area contributed by atoms with Crippen molar-refractivity contribution in [3.63, 3.8) is 0 Å². The number of ketones is 1. The summed E-state index contributed by atoms with van der Waals surface area (Å²) < 4.78 is 18.7. The Hall–Kier alpha value is -3.00. The first-order valence-corrected chi connectivity index (χ1v) is 9.29. The molecule has 1 saturated carbocycles. The minimum absolute atomic E-state index is 0.0267. The van der Waals surface area contributed by atoms with Crippen LogP contribution in [0.1, 0.15) is 41.6 Å². The summed E-state index contributed by atoms with van der Waals surface area (Å²) in [6.07, 6.45) is 6.90. The van der Waals surface area contributed by atoms with Crippen LogP contribution in [-0.2, 0) is 0 Å². The van der Waals surface area contributed by atoms with Crippen molar-refractivity contribution in [1.29, 1.82) is 0 Å². The van der Waals surface area contributed by atoms with Gasteiger partial charge in [0.2, 0.25) is 0 Å². The summed E-state index contributed by atoms with van der Waals surface area (Å²) in [5, 5.41) is 4.08. The molecule has 8 heteroatoms. The van der Waals surface area contributed by atoms with Crippen LogP contribution in [0.2, 0.25) is 0 Å². The Morgan fingerprint density at radius 2 is 2.07 bits per heavy atom. The molecule has 0 aliphatic heterocycles. The van der Waals surface area contributed by atoms with Crippen molar-refractivity contribution in [3.05, 3.63) is 47.7 Å². The average molecular weight is 383 g/mol. The molecule has 2 aromatic heterocycles. The zero-order chi connectivity index (χ0) is 19.7. The summed E-state index contributed by atoms with van der Waals surface area (Å²) >= 11 is 0. The third-order valence-electron chi connectivity index (χ3n) is 5.24. The maximum Gasteiger partial charge on any atom is 0.195 e. The van der Waals surface area contributed by atoms with E-state index in [1.165, 1.54) is 31.6 Å². The predicted octanol–water partition coefficient (Wildman–Crippen LogP) is 3.02. The van der Waals surface area contributed by atoms with E-state index in [0.717, 1.165) is 25.7 Å². The van der Waals surface area contributed by atoms with E-state index in [1.807, 2.05) is 0 Å². The van der Waals surface area contributed by atoms with Gasteiger partial charge in [-0.1, -0.05) is 0 Å². The molecular weight excluding hydrogens is 361 g/mol. The monoisotopic (exact) mass is 383 g/mol. The second-order valence-electron chi connectivity index (χ2n) is 7.08. The molecule has 4 N–H and O–H groups in total. The fourth-order valence-electron chi connectivity index (χ4n) is 3.66. The van der Waals surface area contributed by atoms with E-state index in [9.17, 15) is 9.18 Å². The van der Waals surface area contributed by atoms with Crippen LogP contribution in [-0.4, -0.2) is 39.9 Å². The lowest BCUT2D eigenvalue weighted by Crippen LogP contribution is -2.33. The number of hydrogen-bond acceptors (Lipinski definition) is 6. The number of carbonyl (C=O) groups excluding carboxylic acids is 1. The first-order valence-electron chi connectivity index (χ1n) is 9.29. The van der Waals surface area contributed by atoms with Crippen LogP contribution in [0.5, 0.6) is 5.75 Å². The number of methoxy groups -OCH3 is 1. The molecule has 0 atom stereocenters. The van der Waals surface area contributed by atoms with Gasteiger partial charge in [-0.25, -0.2) is 14.4 Å². The lowest BCUT2D eigenvalue weighted by molar-refractivity contribution is 0.104. The normalized spacial score (nSPS) is 19.5. The maximum absolute atomic E-state index is 13.7. The van der Waals surface area contributed by atoms with Crippen LogP contribution in [0.3, 0.4) is 0 Å². The number of ether oxygens (including phenoxy) is 1. The van der Waals surface area contributed by atoms with Crippen LogP contribution in [0, 0.1) is 5.82 Å². The van der Waals surface area contributed by atoms with Crippen LogP contribution < -0.4 is 15.8 Å². The van der Waals surface area contributed by atoms with Gasteiger partial charge in [0.05, 0.1) is 18.1 Å². The van der Waals surface area contributed by atoms with Crippen molar-refractivity contribution >= 4 is 22.6 Å². The minimum Gasteiger partial charge on any atom is -0.494 e. The number of carbonyl (C=O) groups is 1. The molecule has 2 heterocycles. The highest BCUT2D eigenvalue weighted by Crippen LogP contribution is 2.29. The van der Waals surface area contributed by atoms with Crippen molar-refractivity contribution in [2.45, 2.75) is 37.8 Å². The Morgan fingerprint density at radius 1 is 1.29 bits per heavy atom. The number of nitrogens with one attached hydrogen (secondary N) is 2. The topological polar surface area (TPSA) is 106 Å². The molecule has 4 rings (SSSR count). The van der Waals surface area contributed by atoms with Gasteiger partial charge in [0.1, 0.15) is 17.8 Å². The van der Waals surface area contributed by atoms with Gasteiger partial charge in [0, 0.05) is 23.8 Å². The number of rotatable bonds is 5. The van der Waals surface area contributed by atoms with Gasteiger partial charge >= 0.3 is 0 Å². The van der Waals surface area contributed by atoms with Gasteiger partial charge in [-0.15, -0.1) is 0 Å². The standard InChI is InChI=1S/C20H22FN5O2/c1-28-16-8-11(2-7-15(16)21)18(27)14-9-23-19-17(14)20(25-10-24-19)26-13-5-3-12(22)4-6-13/h2,7-10,12-13H,3-6,22H2,1H3,(H2,23,24,25,26)/t12-,13+. The molecule has 0 bridgehead atoms. The van der Waals surface area contributed by atoms with Gasteiger partial charge in [-0.05, 0) is 43.9 Å². The van der Waals surface area contributed by atoms with E-state index < -0.39 is 5.82 Å². The molecule has 0 saturated heterocycles. The smallest absolute Gasteiger partial charge is 0.195 e.